The molecule has 1 N–H and O–H groups in total. The molecule has 0 bridgehead atoms. The summed E-state index contributed by atoms with van der Waals surface area (Å²) < 4.78 is 25.5. The SMILES string of the molecule is Cc1ccc([N+](=O)[O-])cc1NC(=O)[C@H](C)N(c1ccc(Cl)c(Cl)c1)S(C)(=O)=O. The zero-order valence-corrected chi connectivity index (χ0v) is 17.5. The van der Waals surface area contributed by atoms with Crippen LogP contribution < -0.4 is 9.62 Å². The average Bonchev–Trinajstić information content (AvgIpc) is 2.58. The second-order valence-corrected chi connectivity index (χ2v) is 8.75. The van der Waals surface area contributed by atoms with E-state index in [0.29, 0.717) is 5.56 Å². The molecule has 2 aromatic rings. The number of carbonyl (C=O) groups is 1. The van der Waals surface area contributed by atoms with Crippen LogP contribution in [0.4, 0.5) is 17.1 Å². The number of amides is 1. The highest BCUT2D eigenvalue weighted by atomic mass is 35.5. The summed E-state index contributed by atoms with van der Waals surface area (Å²) in [5.74, 6) is -0.667. The first-order valence-electron chi connectivity index (χ1n) is 7.92. The molecule has 0 saturated carbocycles. The number of nitro groups is 1. The lowest BCUT2D eigenvalue weighted by atomic mass is 10.1. The number of carbonyl (C=O) groups excluding carboxylic acids is 1. The lowest BCUT2D eigenvalue weighted by molar-refractivity contribution is -0.384. The molecule has 11 heteroatoms. The number of halogens is 2. The fraction of sp³-hybridized carbons (Fsp3) is 0.235. The largest absolute Gasteiger partial charge is 0.324 e. The van der Waals surface area contributed by atoms with Crippen molar-refractivity contribution in [2.24, 2.45) is 0 Å². The summed E-state index contributed by atoms with van der Waals surface area (Å²) >= 11 is 11.8. The minimum atomic E-state index is -3.85. The zero-order valence-electron chi connectivity index (χ0n) is 15.1. The third kappa shape index (κ3) is 4.92. The van der Waals surface area contributed by atoms with Gasteiger partial charge in [-0.3, -0.25) is 19.2 Å². The van der Waals surface area contributed by atoms with Crippen molar-refractivity contribution in [1.82, 2.24) is 0 Å². The Bertz CT molecular complexity index is 1040. The van der Waals surface area contributed by atoms with Gasteiger partial charge in [0.15, 0.2) is 0 Å². The van der Waals surface area contributed by atoms with Crippen molar-refractivity contribution >= 4 is 56.2 Å². The Morgan fingerprint density at radius 1 is 1.18 bits per heavy atom. The molecule has 8 nitrogen and oxygen atoms in total. The first-order chi connectivity index (χ1) is 12.9. The van der Waals surface area contributed by atoms with Crippen LogP contribution in [0.2, 0.25) is 10.0 Å². The first kappa shape index (κ1) is 21.9. The summed E-state index contributed by atoms with van der Waals surface area (Å²) in [6.45, 7) is 3.06. The Morgan fingerprint density at radius 3 is 2.36 bits per heavy atom. The van der Waals surface area contributed by atoms with Crippen molar-refractivity contribution in [3.63, 3.8) is 0 Å². The molecule has 0 aliphatic rings. The highest BCUT2D eigenvalue weighted by Gasteiger charge is 2.30. The van der Waals surface area contributed by atoms with Crippen molar-refractivity contribution in [2.45, 2.75) is 19.9 Å². The molecule has 0 fully saturated rings. The number of sulfonamides is 1. The summed E-state index contributed by atoms with van der Waals surface area (Å²) in [4.78, 5) is 23.1. The van der Waals surface area contributed by atoms with Gasteiger partial charge in [0.1, 0.15) is 6.04 Å². The zero-order chi connectivity index (χ0) is 21.2. The van der Waals surface area contributed by atoms with Crippen LogP contribution in [0.3, 0.4) is 0 Å². The Hall–Kier alpha value is -2.36. The molecular formula is C17H17Cl2N3O5S. The van der Waals surface area contributed by atoms with Crippen molar-refractivity contribution in [2.75, 3.05) is 15.9 Å². The summed E-state index contributed by atoms with van der Waals surface area (Å²) in [6.07, 6.45) is 0.956. The van der Waals surface area contributed by atoms with Crippen LogP contribution in [-0.4, -0.2) is 31.5 Å². The fourth-order valence-electron chi connectivity index (χ4n) is 2.53. The number of anilines is 2. The Kier molecular flexibility index (Phi) is 6.53. The third-order valence-electron chi connectivity index (χ3n) is 3.94. The summed E-state index contributed by atoms with van der Waals surface area (Å²) in [6, 6.07) is 7.05. The number of nitrogens with one attached hydrogen (secondary N) is 1. The van der Waals surface area contributed by atoms with Gasteiger partial charge in [-0.15, -0.1) is 0 Å². The summed E-state index contributed by atoms with van der Waals surface area (Å²) in [5.41, 5.74) is 0.772. The van der Waals surface area contributed by atoms with Crippen LogP contribution in [0.5, 0.6) is 0 Å². The smallest absolute Gasteiger partial charge is 0.271 e. The lowest BCUT2D eigenvalue weighted by Gasteiger charge is -2.28. The van der Waals surface area contributed by atoms with Crippen LogP contribution in [0, 0.1) is 17.0 Å². The number of non-ortho nitro benzene ring substituents is 1. The van der Waals surface area contributed by atoms with Gasteiger partial charge in [0.05, 0.1) is 32.6 Å². The molecule has 28 heavy (non-hydrogen) atoms. The molecule has 2 aromatic carbocycles. The van der Waals surface area contributed by atoms with Gasteiger partial charge in [0, 0.05) is 12.1 Å². The van der Waals surface area contributed by atoms with Crippen LogP contribution in [0.1, 0.15) is 12.5 Å². The van der Waals surface area contributed by atoms with Crippen molar-refractivity contribution in [1.29, 1.82) is 0 Å². The third-order valence-corrected chi connectivity index (χ3v) is 5.92. The first-order valence-corrected chi connectivity index (χ1v) is 10.5. The quantitative estimate of drug-likeness (QED) is 0.533. The van der Waals surface area contributed by atoms with Crippen molar-refractivity contribution in [3.05, 3.63) is 62.1 Å². The number of rotatable bonds is 6. The molecule has 0 spiro atoms. The van der Waals surface area contributed by atoms with E-state index in [1.165, 1.54) is 43.3 Å². The topological polar surface area (TPSA) is 110 Å². The van der Waals surface area contributed by atoms with Gasteiger partial charge in [0.25, 0.3) is 5.69 Å². The fourth-order valence-corrected chi connectivity index (χ4v) is 3.99. The summed E-state index contributed by atoms with van der Waals surface area (Å²) in [5, 5.41) is 13.9. The van der Waals surface area contributed by atoms with E-state index in [0.717, 1.165) is 10.6 Å². The van der Waals surface area contributed by atoms with E-state index in [9.17, 15) is 23.3 Å². The number of hydrogen-bond donors (Lipinski definition) is 1. The van der Waals surface area contributed by atoms with Gasteiger partial charge in [0.2, 0.25) is 15.9 Å². The van der Waals surface area contributed by atoms with E-state index in [2.05, 4.69) is 5.32 Å². The maximum absolute atomic E-state index is 12.7. The van der Waals surface area contributed by atoms with E-state index in [4.69, 9.17) is 23.2 Å². The van der Waals surface area contributed by atoms with Gasteiger partial charge in [-0.2, -0.15) is 0 Å². The normalized spacial score (nSPS) is 12.3. The molecule has 0 unspecified atom stereocenters. The van der Waals surface area contributed by atoms with E-state index in [1.54, 1.807) is 6.92 Å². The minimum absolute atomic E-state index is 0.134. The van der Waals surface area contributed by atoms with Crippen LogP contribution in [0.25, 0.3) is 0 Å². The van der Waals surface area contributed by atoms with Gasteiger partial charge >= 0.3 is 0 Å². The highest BCUT2D eigenvalue weighted by Crippen LogP contribution is 2.30. The summed E-state index contributed by atoms with van der Waals surface area (Å²) in [7, 11) is -3.85. The Balaban J connectivity index is 2.38. The number of benzene rings is 2. The van der Waals surface area contributed by atoms with Gasteiger partial charge in [-0.1, -0.05) is 29.3 Å². The molecule has 0 saturated heterocycles. The van der Waals surface area contributed by atoms with Gasteiger partial charge in [-0.05, 0) is 37.6 Å². The van der Waals surface area contributed by atoms with E-state index in [-0.39, 0.29) is 27.1 Å². The molecule has 0 aromatic heterocycles. The van der Waals surface area contributed by atoms with Crippen LogP contribution in [-0.2, 0) is 14.8 Å². The number of nitro benzene ring substituents is 1. The molecule has 150 valence electrons. The number of hydrogen-bond acceptors (Lipinski definition) is 5. The Morgan fingerprint density at radius 2 is 1.82 bits per heavy atom. The van der Waals surface area contributed by atoms with E-state index in [1.807, 2.05) is 0 Å². The second kappa shape index (κ2) is 8.34. The number of aryl methyl sites for hydroxylation is 1. The van der Waals surface area contributed by atoms with Crippen LogP contribution in [0.15, 0.2) is 36.4 Å². The molecule has 0 aliphatic carbocycles. The predicted molar refractivity (Wildman–Crippen MR) is 110 cm³/mol. The lowest BCUT2D eigenvalue weighted by Crippen LogP contribution is -2.45. The van der Waals surface area contributed by atoms with Crippen molar-refractivity contribution in [3.8, 4) is 0 Å². The van der Waals surface area contributed by atoms with Gasteiger partial charge < -0.3 is 5.32 Å². The highest BCUT2D eigenvalue weighted by molar-refractivity contribution is 7.92. The van der Waals surface area contributed by atoms with Gasteiger partial charge in [-0.25, -0.2) is 8.42 Å². The van der Waals surface area contributed by atoms with E-state index >= 15 is 0 Å². The molecule has 0 heterocycles. The average molecular weight is 446 g/mol. The molecule has 0 aliphatic heterocycles. The molecule has 0 radical (unpaired) electrons. The monoisotopic (exact) mass is 445 g/mol. The molecule has 1 amide bonds. The van der Waals surface area contributed by atoms with Crippen molar-refractivity contribution < 1.29 is 18.1 Å². The number of nitrogens with zero attached hydrogens (tertiary/aromatic N) is 2. The standard InChI is InChI=1S/C17H17Cl2N3O5S/c1-10-4-5-13(22(24)25)9-16(10)20-17(23)11(2)21(28(3,26)27)12-6-7-14(18)15(19)8-12/h4-9,11H,1-3H3,(H,20,23)/t11-/m0/s1. The molecule has 2 rings (SSSR count). The Labute approximate surface area is 172 Å². The maximum Gasteiger partial charge on any atom is 0.271 e. The molecular weight excluding hydrogens is 429 g/mol. The second-order valence-electron chi connectivity index (χ2n) is 6.08. The van der Waals surface area contributed by atoms with Crippen LogP contribution >= 0.6 is 23.2 Å². The van der Waals surface area contributed by atoms with E-state index < -0.39 is 26.9 Å². The molecule has 1 atom stereocenters. The maximum atomic E-state index is 12.7. The minimum Gasteiger partial charge on any atom is -0.324 e. The predicted octanol–water partition coefficient (Wildman–Crippen LogP) is 4.00.